The van der Waals surface area contributed by atoms with Crippen LogP contribution in [0.5, 0.6) is 5.88 Å². The molecule has 0 N–H and O–H groups in total. The van der Waals surface area contributed by atoms with Crippen molar-refractivity contribution in [2.75, 3.05) is 19.6 Å². The normalized spacial score (nSPS) is 19.6. The van der Waals surface area contributed by atoms with Crippen molar-refractivity contribution in [1.29, 1.82) is 0 Å². The number of ether oxygens (including phenoxy) is 1. The molecule has 2 aliphatic rings. The van der Waals surface area contributed by atoms with Crippen LogP contribution in [0.25, 0.3) is 11.0 Å². The Balaban J connectivity index is 1.55. The average Bonchev–Trinajstić information content (AvgIpc) is 3.29. The van der Waals surface area contributed by atoms with Crippen molar-refractivity contribution in [1.82, 2.24) is 19.4 Å². The minimum absolute atomic E-state index is 0.222. The van der Waals surface area contributed by atoms with Gasteiger partial charge in [-0.25, -0.2) is 9.97 Å². The van der Waals surface area contributed by atoms with Gasteiger partial charge in [-0.2, -0.15) is 0 Å². The quantitative estimate of drug-likeness (QED) is 0.750. The maximum Gasteiger partial charge on any atom is 0.226 e. The van der Waals surface area contributed by atoms with Gasteiger partial charge in [0.2, 0.25) is 5.88 Å². The zero-order chi connectivity index (χ0) is 18.8. The summed E-state index contributed by atoms with van der Waals surface area (Å²) < 4.78 is 8.84. The molecule has 2 aromatic heterocycles. The summed E-state index contributed by atoms with van der Waals surface area (Å²) in [6.07, 6.45) is 15.3. The maximum atomic E-state index is 6.40. The number of rotatable bonds is 5. The summed E-state index contributed by atoms with van der Waals surface area (Å²) in [5, 5.41) is 1.11. The van der Waals surface area contributed by atoms with E-state index in [1.54, 1.807) is 6.33 Å². The highest BCUT2D eigenvalue weighted by atomic mass is 16.5. The predicted octanol–water partition coefficient (Wildman–Crippen LogP) is 4.03. The maximum absolute atomic E-state index is 6.40. The lowest BCUT2D eigenvalue weighted by molar-refractivity contribution is 0.0994. The van der Waals surface area contributed by atoms with Gasteiger partial charge in [-0.3, -0.25) is 0 Å². The molecule has 2 fully saturated rings. The first-order valence-corrected chi connectivity index (χ1v) is 10.3. The van der Waals surface area contributed by atoms with Crippen LogP contribution in [0.4, 0.5) is 0 Å². The molecule has 0 radical (unpaired) electrons. The van der Waals surface area contributed by atoms with Gasteiger partial charge in [0, 0.05) is 37.8 Å². The topological polar surface area (TPSA) is 43.2 Å². The first-order chi connectivity index (χ1) is 13.2. The van der Waals surface area contributed by atoms with E-state index in [2.05, 4.69) is 39.2 Å². The van der Waals surface area contributed by atoms with Crippen molar-refractivity contribution in [2.24, 2.45) is 0 Å². The number of fused-ring (bicyclic) bond motifs is 1. The van der Waals surface area contributed by atoms with Crippen molar-refractivity contribution in [3.8, 4) is 18.2 Å². The van der Waals surface area contributed by atoms with E-state index in [1.165, 1.54) is 36.9 Å². The third-order valence-corrected chi connectivity index (χ3v) is 6.37. The van der Waals surface area contributed by atoms with Crippen LogP contribution in [0.2, 0.25) is 0 Å². The molecule has 0 bridgehead atoms. The Morgan fingerprint density at radius 2 is 1.89 bits per heavy atom. The Labute approximate surface area is 162 Å². The smallest absolute Gasteiger partial charge is 0.226 e. The van der Waals surface area contributed by atoms with Crippen LogP contribution in [0.1, 0.15) is 62.2 Å². The standard InChI is InChI=1S/C22H30N4O/c1-4-5-12-25-13-10-19(11-14-25)27-22-20-16(2)17(3)26(18-8-6-7-9-18)21(20)23-15-24-22/h1,15,18-19H,5-14H2,2-3H3. The highest BCUT2D eigenvalue weighted by Gasteiger charge is 2.27. The zero-order valence-electron chi connectivity index (χ0n) is 16.6. The molecule has 27 heavy (non-hydrogen) atoms. The van der Waals surface area contributed by atoms with E-state index in [9.17, 15) is 0 Å². The number of nitrogens with zero attached hydrogens (tertiary/aromatic N) is 4. The molecule has 4 rings (SSSR count). The lowest BCUT2D eigenvalue weighted by Gasteiger charge is -2.31. The number of hydrogen-bond acceptors (Lipinski definition) is 4. The molecule has 1 saturated carbocycles. The zero-order valence-corrected chi connectivity index (χ0v) is 16.6. The third kappa shape index (κ3) is 3.55. The highest BCUT2D eigenvalue weighted by Crippen LogP contribution is 2.38. The van der Waals surface area contributed by atoms with Crippen LogP contribution in [-0.2, 0) is 0 Å². The fourth-order valence-electron chi connectivity index (χ4n) is 4.72. The van der Waals surface area contributed by atoms with Gasteiger partial charge < -0.3 is 14.2 Å². The van der Waals surface area contributed by atoms with E-state index in [1.807, 2.05) is 0 Å². The minimum Gasteiger partial charge on any atom is -0.474 e. The molecule has 0 atom stereocenters. The molecule has 1 saturated heterocycles. The van der Waals surface area contributed by atoms with Gasteiger partial charge in [0.15, 0.2) is 0 Å². The Morgan fingerprint density at radius 1 is 1.15 bits per heavy atom. The number of aromatic nitrogens is 3. The van der Waals surface area contributed by atoms with Gasteiger partial charge in [0.05, 0.1) is 5.39 Å². The predicted molar refractivity (Wildman–Crippen MR) is 108 cm³/mol. The van der Waals surface area contributed by atoms with Gasteiger partial charge in [0.1, 0.15) is 18.1 Å². The van der Waals surface area contributed by atoms with Crippen LogP contribution >= 0.6 is 0 Å². The average molecular weight is 367 g/mol. The van der Waals surface area contributed by atoms with Crippen molar-refractivity contribution in [3.63, 3.8) is 0 Å². The summed E-state index contributed by atoms with van der Waals surface area (Å²) in [5.41, 5.74) is 3.62. The van der Waals surface area contributed by atoms with Crippen molar-refractivity contribution >= 4 is 11.0 Å². The van der Waals surface area contributed by atoms with Crippen LogP contribution in [-0.4, -0.2) is 45.2 Å². The van der Waals surface area contributed by atoms with E-state index in [4.69, 9.17) is 11.2 Å². The number of piperidine rings is 1. The molecule has 1 aliphatic heterocycles. The number of terminal acetylenes is 1. The molecule has 5 nitrogen and oxygen atoms in total. The van der Waals surface area contributed by atoms with Gasteiger partial charge in [-0.15, -0.1) is 12.3 Å². The van der Waals surface area contributed by atoms with E-state index in [0.29, 0.717) is 6.04 Å². The molecular formula is C22H30N4O. The molecule has 0 aromatic carbocycles. The van der Waals surface area contributed by atoms with Gasteiger partial charge in [0.25, 0.3) is 0 Å². The lowest BCUT2D eigenvalue weighted by atomic mass is 10.1. The summed E-state index contributed by atoms with van der Waals surface area (Å²) in [6, 6.07) is 0.573. The summed E-state index contributed by atoms with van der Waals surface area (Å²) in [7, 11) is 0. The summed E-state index contributed by atoms with van der Waals surface area (Å²) in [5.74, 6) is 3.49. The van der Waals surface area contributed by atoms with Crippen molar-refractivity contribution in [3.05, 3.63) is 17.6 Å². The highest BCUT2D eigenvalue weighted by molar-refractivity contribution is 5.86. The van der Waals surface area contributed by atoms with Crippen molar-refractivity contribution in [2.45, 2.75) is 70.9 Å². The molecule has 0 amide bonds. The van der Waals surface area contributed by atoms with E-state index < -0.39 is 0 Å². The van der Waals surface area contributed by atoms with Crippen LogP contribution < -0.4 is 4.74 Å². The molecule has 5 heteroatoms. The van der Waals surface area contributed by atoms with E-state index in [-0.39, 0.29) is 6.10 Å². The number of hydrogen-bond donors (Lipinski definition) is 0. The van der Waals surface area contributed by atoms with Crippen LogP contribution in [0.3, 0.4) is 0 Å². The van der Waals surface area contributed by atoms with Gasteiger partial charge in [-0.05, 0) is 45.1 Å². The Kier molecular flexibility index (Phi) is 5.36. The molecule has 0 unspecified atom stereocenters. The largest absolute Gasteiger partial charge is 0.474 e. The number of likely N-dealkylation sites (tertiary alicyclic amines) is 1. The molecule has 1 aliphatic carbocycles. The Morgan fingerprint density at radius 3 is 2.59 bits per heavy atom. The summed E-state index contributed by atoms with van der Waals surface area (Å²) in [4.78, 5) is 11.6. The van der Waals surface area contributed by atoms with Crippen molar-refractivity contribution < 1.29 is 4.74 Å². The first kappa shape index (κ1) is 18.3. The molecular weight excluding hydrogens is 336 g/mol. The Hall–Kier alpha value is -2.06. The molecule has 2 aromatic rings. The fourth-order valence-corrected chi connectivity index (χ4v) is 4.72. The molecule has 0 spiro atoms. The lowest BCUT2D eigenvalue weighted by Crippen LogP contribution is -2.38. The SMILES string of the molecule is C#CCCN1CCC(Oc2ncnc3c2c(C)c(C)n3C2CCCC2)CC1. The molecule has 144 valence electrons. The first-order valence-electron chi connectivity index (χ1n) is 10.3. The fraction of sp³-hybridized carbons (Fsp3) is 0.636. The second-order valence-electron chi connectivity index (χ2n) is 8.01. The second-order valence-corrected chi connectivity index (χ2v) is 8.01. The van der Waals surface area contributed by atoms with E-state index >= 15 is 0 Å². The van der Waals surface area contributed by atoms with Gasteiger partial charge >= 0.3 is 0 Å². The second kappa shape index (κ2) is 7.90. The van der Waals surface area contributed by atoms with E-state index in [0.717, 1.165) is 55.8 Å². The summed E-state index contributed by atoms with van der Waals surface area (Å²) >= 11 is 0. The Bertz CT molecular complexity index is 836. The van der Waals surface area contributed by atoms with Crippen LogP contribution in [0, 0.1) is 26.2 Å². The minimum atomic E-state index is 0.222. The molecule has 3 heterocycles. The van der Waals surface area contributed by atoms with Gasteiger partial charge in [-0.1, -0.05) is 12.8 Å². The monoisotopic (exact) mass is 366 g/mol. The summed E-state index contributed by atoms with van der Waals surface area (Å²) in [6.45, 7) is 7.47. The van der Waals surface area contributed by atoms with Crippen LogP contribution in [0.15, 0.2) is 6.33 Å². The number of aryl methyl sites for hydroxylation is 1. The third-order valence-electron chi connectivity index (χ3n) is 6.37.